The summed E-state index contributed by atoms with van der Waals surface area (Å²) in [5.41, 5.74) is 0.273. The number of amides is 1. The Kier molecular flexibility index (Phi) is 7.22. The van der Waals surface area contributed by atoms with E-state index in [2.05, 4.69) is 10.4 Å². The molecule has 170 valence electrons. The van der Waals surface area contributed by atoms with E-state index in [1.54, 1.807) is 48.5 Å². The average Bonchev–Trinajstić information content (AvgIpc) is 3.22. The molecule has 3 rings (SSSR count). The number of nitrogens with zero attached hydrogens (tertiary/aromatic N) is 2. The second-order valence-corrected chi connectivity index (χ2v) is 7.91. The highest BCUT2D eigenvalue weighted by molar-refractivity contribution is 5.77. The number of nitrogens with one attached hydrogen (secondary N) is 1. The first kappa shape index (κ1) is 23.4. The molecule has 1 N–H and O–H groups in total. The van der Waals surface area contributed by atoms with Gasteiger partial charge in [0.15, 0.2) is 5.69 Å². The highest BCUT2D eigenvalue weighted by atomic mass is 19.4. The fourth-order valence-electron chi connectivity index (χ4n) is 3.30. The predicted molar refractivity (Wildman–Crippen MR) is 116 cm³/mol. The third kappa shape index (κ3) is 5.69. The Morgan fingerprint density at radius 2 is 1.75 bits per heavy atom. The number of rotatable bonds is 8. The summed E-state index contributed by atoms with van der Waals surface area (Å²) in [4.78, 5) is 12.7. The van der Waals surface area contributed by atoms with Crippen molar-refractivity contribution in [3.8, 4) is 11.4 Å². The summed E-state index contributed by atoms with van der Waals surface area (Å²) < 4.78 is 47.1. The number of hydrogen-bond donors (Lipinski definition) is 1. The van der Waals surface area contributed by atoms with Crippen molar-refractivity contribution in [2.75, 3.05) is 7.11 Å². The van der Waals surface area contributed by atoms with Crippen LogP contribution in [0.5, 0.6) is 5.75 Å². The van der Waals surface area contributed by atoms with Gasteiger partial charge in [0.2, 0.25) is 5.91 Å². The summed E-state index contributed by atoms with van der Waals surface area (Å²) in [5, 5.41) is 6.75. The summed E-state index contributed by atoms with van der Waals surface area (Å²) in [6.45, 7) is 4.02. The van der Waals surface area contributed by atoms with Crippen LogP contribution in [0.1, 0.15) is 49.7 Å². The van der Waals surface area contributed by atoms with E-state index >= 15 is 0 Å². The highest BCUT2D eigenvalue weighted by Crippen LogP contribution is 2.33. The Labute approximate surface area is 185 Å². The van der Waals surface area contributed by atoms with E-state index in [0.717, 1.165) is 6.07 Å². The lowest BCUT2D eigenvalue weighted by Crippen LogP contribution is -2.30. The van der Waals surface area contributed by atoms with Crippen molar-refractivity contribution in [3.05, 3.63) is 77.6 Å². The molecule has 1 amide bonds. The maximum Gasteiger partial charge on any atom is 0.435 e. The first-order valence-corrected chi connectivity index (χ1v) is 10.3. The molecule has 0 bridgehead atoms. The lowest BCUT2D eigenvalue weighted by Gasteiger charge is -2.21. The van der Waals surface area contributed by atoms with Gasteiger partial charge in [0.1, 0.15) is 5.75 Å². The predicted octanol–water partition coefficient (Wildman–Crippen LogP) is 5.54. The summed E-state index contributed by atoms with van der Waals surface area (Å²) in [7, 11) is 1.51. The molecule has 0 fully saturated rings. The minimum absolute atomic E-state index is 0.214. The lowest BCUT2D eigenvalue weighted by atomic mass is 10.0. The van der Waals surface area contributed by atoms with Gasteiger partial charge in [0.25, 0.3) is 0 Å². The molecule has 5 nitrogen and oxygen atoms in total. The molecule has 0 radical (unpaired) electrons. The molecule has 0 aliphatic heterocycles. The number of ether oxygens (including phenoxy) is 1. The van der Waals surface area contributed by atoms with Crippen molar-refractivity contribution in [3.63, 3.8) is 0 Å². The second kappa shape index (κ2) is 9.89. The Hall–Kier alpha value is -3.29. The minimum atomic E-state index is -4.63. The van der Waals surface area contributed by atoms with Crippen LogP contribution in [0.2, 0.25) is 0 Å². The molecule has 0 saturated carbocycles. The standard InChI is InChI=1S/C24H26F3N3O2/c1-16(2)9-14-22(31)28-23(17-7-5-4-6-8-17)20-15-21(24(25,26)27)29-30(20)18-10-12-19(32-3)13-11-18/h4-8,10-13,15-16,23H,9,14H2,1-3H3,(H,28,31). The summed E-state index contributed by atoms with van der Waals surface area (Å²) >= 11 is 0. The van der Waals surface area contributed by atoms with Crippen molar-refractivity contribution in [1.29, 1.82) is 0 Å². The summed E-state index contributed by atoms with van der Waals surface area (Å²) in [6, 6.07) is 15.6. The molecule has 0 aliphatic carbocycles. The van der Waals surface area contributed by atoms with Gasteiger partial charge in [-0.2, -0.15) is 18.3 Å². The molecule has 1 aromatic heterocycles. The first-order chi connectivity index (χ1) is 15.2. The maximum absolute atomic E-state index is 13.6. The van der Waals surface area contributed by atoms with Gasteiger partial charge < -0.3 is 10.1 Å². The molecular formula is C24H26F3N3O2. The van der Waals surface area contributed by atoms with Crippen molar-refractivity contribution in [2.45, 2.75) is 38.9 Å². The lowest BCUT2D eigenvalue weighted by molar-refractivity contribution is -0.141. The molecule has 0 saturated heterocycles. The van der Waals surface area contributed by atoms with Gasteiger partial charge in [-0.25, -0.2) is 4.68 Å². The van der Waals surface area contributed by atoms with Crippen LogP contribution in [0.25, 0.3) is 5.69 Å². The van der Waals surface area contributed by atoms with E-state index in [9.17, 15) is 18.0 Å². The molecule has 0 aliphatic rings. The van der Waals surface area contributed by atoms with E-state index in [4.69, 9.17) is 4.74 Å². The number of hydrogen-bond acceptors (Lipinski definition) is 3. The van der Waals surface area contributed by atoms with E-state index in [1.165, 1.54) is 11.8 Å². The molecule has 0 spiro atoms. The second-order valence-electron chi connectivity index (χ2n) is 7.91. The van der Waals surface area contributed by atoms with Gasteiger partial charge in [-0.05, 0) is 48.2 Å². The molecule has 8 heteroatoms. The number of aromatic nitrogens is 2. The van der Waals surface area contributed by atoms with Crippen LogP contribution in [0.3, 0.4) is 0 Å². The fraction of sp³-hybridized carbons (Fsp3) is 0.333. The molecule has 1 heterocycles. The number of halogens is 3. The SMILES string of the molecule is COc1ccc(-n2nc(C(F)(F)F)cc2C(NC(=O)CCC(C)C)c2ccccc2)cc1. The molecule has 32 heavy (non-hydrogen) atoms. The van der Waals surface area contributed by atoms with Gasteiger partial charge in [0, 0.05) is 6.42 Å². The van der Waals surface area contributed by atoms with Crippen LogP contribution in [0.4, 0.5) is 13.2 Å². The maximum atomic E-state index is 13.6. The Balaban J connectivity index is 2.09. The highest BCUT2D eigenvalue weighted by Gasteiger charge is 2.36. The monoisotopic (exact) mass is 445 g/mol. The average molecular weight is 445 g/mol. The fourth-order valence-corrected chi connectivity index (χ4v) is 3.30. The molecular weight excluding hydrogens is 419 g/mol. The number of carbonyl (C=O) groups excluding carboxylic acids is 1. The number of carbonyl (C=O) groups is 1. The van der Waals surface area contributed by atoms with Crippen LogP contribution in [-0.2, 0) is 11.0 Å². The van der Waals surface area contributed by atoms with Crippen molar-refractivity contribution < 1.29 is 22.7 Å². The Morgan fingerprint density at radius 3 is 2.31 bits per heavy atom. The Morgan fingerprint density at radius 1 is 1.09 bits per heavy atom. The Bertz CT molecular complexity index is 1030. The van der Waals surface area contributed by atoms with Crippen LogP contribution >= 0.6 is 0 Å². The topological polar surface area (TPSA) is 56.1 Å². The minimum Gasteiger partial charge on any atom is -0.497 e. The van der Waals surface area contributed by atoms with Gasteiger partial charge in [-0.3, -0.25) is 4.79 Å². The van der Waals surface area contributed by atoms with Crippen LogP contribution in [-0.4, -0.2) is 22.8 Å². The number of benzene rings is 2. The zero-order valence-electron chi connectivity index (χ0n) is 18.2. The summed E-state index contributed by atoms with van der Waals surface area (Å²) in [5.74, 6) is 0.668. The van der Waals surface area contributed by atoms with E-state index < -0.39 is 17.9 Å². The smallest absolute Gasteiger partial charge is 0.435 e. The third-order valence-electron chi connectivity index (χ3n) is 5.03. The van der Waals surface area contributed by atoms with Crippen LogP contribution in [0.15, 0.2) is 60.7 Å². The first-order valence-electron chi connectivity index (χ1n) is 10.3. The van der Waals surface area contributed by atoms with Crippen LogP contribution < -0.4 is 10.1 Å². The quantitative estimate of drug-likeness (QED) is 0.495. The van der Waals surface area contributed by atoms with E-state index in [-0.39, 0.29) is 18.0 Å². The molecule has 1 atom stereocenters. The van der Waals surface area contributed by atoms with Crippen molar-refractivity contribution in [1.82, 2.24) is 15.1 Å². The third-order valence-corrected chi connectivity index (χ3v) is 5.03. The zero-order chi connectivity index (χ0) is 23.3. The molecule has 2 aromatic carbocycles. The van der Waals surface area contributed by atoms with Crippen molar-refractivity contribution >= 4 is 5.91 Å². The van der Waals surface area contributed by atoms with Crippen LogP contribution in [0, 0.1) is 5.92 Å². The normalized spacial score (nSPS) is 12.6. The molecule has 3 aromatic rings. The van der Waals surface area contributed by atoms with E-state index in [1.807, 2.05) is 19.9 Å². The van der Waals surface area contributed by atoms with E-state index in [0.29, 0.717) is 29.3 Å². The zero-order valence-corrected chi connectivity index (χ0v) is 18.2. The molecule has 1 unspecified atom stereocenters. The van der Waals surface area contributed by atoms with Gasteiger partial charge in [-0.15, -0.1) is 0 Å². The van der Waals surface area contributed by atoms with Gasteiger partial charge in [-0.1, -0.05) is 44.2 Å². The largest absolute Gasteiger partial charge is 0.497 e. The summed E-state index contributed by atoms with van der Waals surface area (Å²) in [6.07, 6.45) is -3.67. The van der Waals surface area contributed by atoms with Gasteiger partial charge in [0.05, 0.1) is 24.5 Å². The van der Waals surface area contributed by atoms with Gasteiger partial charge >= 0.3 is 6.18 Å². The van der Waals surface area contributed by atoms with Crippen molar-refractivity contribution in [2.24, 2.45) is 5.92 Å². The number of alkyl halides is 3. The number of methoxy groups -OCH3 is 1.